The van der Waals surface area contributed by atoms with E-state index in [-0.39, 0.29) is 17.0 Å². The smallest absolute Gasteiger partial charge is 0.294 e. The highest BCUT2D eigenvalue weighted by Crippen LogP contribution is 2.13. The number of aromatic amines is 2. The summed E-state index contributed by atoms with van der Waals surface area (Å²) < 4.78 is 5.13. The summed E-state index contributed by atoms with van der Waals surface area (Å²) in [6.45, 7) is 2.28. The van der Waals surface area contributed by atoms with Crippen molar-refractivity contribution in [1.82, 2.24) is 25.6 Å². The standard InChI is InChI=1S/C6H7N5O2/c1-2-13-6-4-3(7-11-8-4)5(12)9-10-6/h2H2,1H3,(H,9,12)(H,7,8,11). The van der Waals surface area contributed by atoms with E-state index in [9.17, 15) is 4.79 Å². The minimum absolute atomic E-state index is 0.207. The molecule has 2 aromatic rings. The lowest BCUT2D eigenvalue weighted by Crippen LogP contribution is -2.10. The van der Waals surface area contributed by atoms with E-state index in [1.807, 2.05) is 6.92 Å². The zero-order valence-corrected chi connectivity index (χ0v) is 6.87. The quantitative estimate of drug-likeness (QED) is 0.647. The van der Waals surface area contributed by atoms with Crippen LogP contribution in [0.3, 0.4) is 0 Å². The highest BCUT2D eigenvalue weighted by atomic mass is 16.5. The second-order valence-electron chi connectivity index (χ2n) is 2.31. The molecule has 13 heavy (non-hydrogen) atoms. The third-order valence-electron chi connectivity index (χ3n) is 1.51. The zero-order chi connectivity index (χ0) is 9.26. The molecule has 2 rings (SSSR count). The van der Waals surface area contributed by atoms with Crippen molar-refractivity contribution in [3.8, 4) is 5.88 Å². The first-order valence-corrected chi connectivity index (χ1v) is 3.75. The number of hydrogen-bond donors (Lipinski definition) is 2. The zero-order valence-electron chi connectivity index (χ0n) is 6.87. The maximum absolute atomic E-state index is 11.1. The molecule has 0 aromatic carbocycles. The van der Waals surface area contributed by atoms with E-state index in [1.165, 1.54) is 0 Å². The second kappa shape index (κ2) is 2.85. The summed E-state index contributed by atoms with van der Waals surface area (Å²) >= 11 is 0. The van der Waals surface area contributed by atoms with Crippen molar-refractivity contribution >= 4 is 11.0 Å². The van der Waals surface area contributed by atoms with Crippen LogP contribution in [-0.2, 0) is 0 Å². The van der Waals surface area contributed by atoms with Gasteiger partial charge >= 0.3 is 0 Å². The van der Waals surface area contributed by atoms with Gasteiger partial charge in [-0.3, -0.25) is 4.79 Å². The van der Waals surface area contributed by atoms with E-state index in [0.29, 0.717) is 12.1 Å². The van der Waals surface area contributed by atoms with Crippen molar-refractivity contribution in [2.75, 3.05) is 6.61 Å². The minimum Gasteiger partial charge on any atom is -0.475 e. The molecule has 0 amide bonds. The fraction of sp³-hybridized carbons (Fsp3) is 0.333. The molecule has 0 saturated carbocycles. The molecule has 2 aromatic heterocycles. The Morgan fingerprint density at radius 3 is 2.85 bits per heavy atom. The molecule has 0 spiro atoms. The van der Waals surface area contributed by atoms with Crippen LogP contribution in [0.4, 0.5) is 0 Å². The highest BCUT2D eigenvalue weighted by molar-refractivity contribution is 5.76. The maximum Gasteiger partial charge on any atom is 0.294 e. The van der Waals surface area contributed by atoms with E-state index in [2.05, 4.69) is 25.6 Å². The summed E-state index contributed by atoms with van der Waals surface area (Å²) in [4.78, 5) is 11.1. The van der Waals surface area contributed by atoms with Gasteiger partial charge in [-0.2, -0.15) is 10.3 Å². The van der Waals surface area contributed by atoms with E-state index in [1.54, 1.807) is 0 Å². The van der Waals surface area contributed by atoms with Gasteiger partial charge < -0.3 is 4.74 Å². The Labute approximate surface area is 72.1 Å². The van der Waals surface area contributed by atoms with Gasteiger partial charge in [0.2, 0.25) is 0 Å². The van der Waals surface area contributed by atoms with Crippen LogP contribution in [0.25, 0.3) is 11.0 Å². The molecule has 0 atom stereocenters. The lowest BCUT2D eigenvalue weighted by Gasteiger charge is -1.98. The summed E-state index contributed by atoms with van der Waals surface area (Å²) in [5.41, 5.74) is 0.177. The van der Waals surface area contributed by atoms with Crippen molar-refractivity contribution in [2.24, 2.45) is 0 Å². The van der Waals surface area contributed by atoms with Crippen LogP contribution in [-0.4, -0.2) is 32.2 Å². The minimum atomic E-state index is -0.382. The van der Waals surface area contributed by atoms with Crippen LogP contribution in [0.1, 0.15) is 6.92 Å². The van der Waals surface area contributed by atoms with Crippen molar-refractivity contribution in [1.29, 1.82) is 0 Å². The molecular weight excluding hydrogens is 174 g/mol. The van der Waals surface area contributed by atoms with Gasteiger partial charge in [0, 0.05) is 0 Å². The number of H-pyrrole nitrogens is 2. The first-order valence-electron chi connectivity index (χ1n) is 3.75. The summed E-state index contributed by atoms with van der Waals surface area (Å²) in [5, 5.41) is 15.7. The molecule has 0 aliphatic carbocycles. The van der Waals surface area contributed by atoms with E-state index >= 15 is 0 Å². The SMILES string of the molecule is CCOc1n[nH]c(=O)c2n[nH]nc12. The lowest BCUT2D eigenvalue weighted by atomic mass is 10.4. The molecular formula is C6H7N5O2. The second-order valence-corrected chi connectivity index (χ2v) is 2.31. The van der Waals surface area contributed by atoms with Crippen LogP contribution >= 0.6 is 0 Å². The van der Waals surface area contributed by atoms with Crippen LogP contribution in [0.15, 0.2) is 4.79 Å². The Kier molecular flexibility index (Phi) is 1.69. The molecule has 68 valence electrons. The number of nitrogens with zero attached hydrogens (tertiary/aromatic N) is 3. The first kappa shape index (κ1) is 7.71. The third-order valence-corrected chi connectivity index (χ3v) is 1.51. The molecule has 0 unspecified atom stereocenters. The number of nitrogens with one attached hydrogen (secondary N) is 2. The average Bonchev–Trinajstić information content (AvgIpc) is 2.59. The molecule has 2 N–H and O–H groups in total. The average molecular weight is 181 g/mol. The van der Waals surface area contributed by atoms with Gasteiger partial charge in [-0.25, -0.2) is 5.10 Å². The van der Waals surface area contributed by atoms with Gasteiger partial charge in [0.25, 0.3) is 11.4 Å². The van der Waals surface area contributed by atoms with Crippen molar-refractivity contribution < 1.29 is 4.74 Å². The highest BCUT2D eigenvalue weighted by Gasteiger charge is 2.10. The van der Waals surface area contributed by atoms with Gasteiger partial charge in [0.1, 0.15) is 0 Å². The van der Waals surface area contributed by atoms with Crippen LogP contribution in [0.2, 0.25) is 0 Å². The van der Waals surface area contributed by atoms with E-state index in [4.69, 9.17) is 4.74 Å². The van der Waals surface area contributed by atoms with Gasteiger partial charge in [0.15, 0.2) is 11.0 Å². The summed E-state index contributed by atoms with van der Waals surface area (Å²) in [5.74, 6) is 0.283. The summed E-state index contributed by atoms with van der Waals surface area (Å²) in [7, 11) is 0. The Balaban J connectivity index is 2.71. The Morgan fingerprint density at radius 2 is 2.08 bits per heavy atom. The largest absolute Gasteiger partial charge is 0.475 e. The molecule has 0 radical (unpaired) electrons. The Bertz CT molecular complexity index is 473. The summed E-state index contributed by atoms with van der Waals surface area (Å²) in [6.07, 6.45) is 0. The van der Waals surface area contributed by atoms with Gasteiger partial charge in [-0.1, -0.05) is 0 Å². The van der Waals surface area contributed by atoms with E-state index < -0.39 is 0 Å². The topological polar surface area (TPSA) is 96.5 Å². The van der Waals surface area contributed by atoms with Gasteiger partial charge in [-0.05, 0) is 6.92 Å². The fourth-order valence-corrected chi connectivity index (χ4v) is 0.983. The lowest BCUT2D eigenvalue weighted by molar-refractivity contribution is 0.326. The molecule has 0 aliphatic heterocycles. The number of rotatable bonds is 2. The molecule has 0 fully saturated rings. The van der Waals surface area contributed by atoms with Crippen LogP contribution in [0.5, 0.6) is 5.88 Å². The van der Waals surface area contributed by atoms with Crippen molar-refractivity contribution in [2.45, 2.75) is 6.92 Å². The summed E-state index contributed by atoms with van der Waals surface area (Å²) in [6, 6.07) is 0. The molecule has 0 saturated heterocycles. The fourth-order valence-electron chi connectivity index (χ4n) is 0.983. The van der Waals surface area contributed by atoms with E-state index in [0.717, 1.165) is 0 Å². The number of aromatic nitrogens is 5. The number of fused-ring (bicyclic) bond motifs is 1. The predicted molar refractivity (Wildman–Crippen MR) is 43.5 cm³/mol. The van der Waals surface area contributed by atoms with Gasteiger partial charge in [0.05, 0.1) is 6.61 Å². The molecule has 7 heteroatoms. The Morgan fingerprint density at radius 1 is 1.31 bits per heavy atom. The molecule has 2 heterocycles. The normalized spacial score (nSPS) is 10.5. The monoisotopic (exact) mass is 181 g/mol. The maximum atomic E-state index is 11.1. The first-order chi connectivity index (χ1) is 6.33. The molecule has 7 nitrogen and oxygen atoms in total. The van der Waals surface area contributed by atoms with Gasteiger partial charge in [-0.15, -0.1) is 10.2 Å². The van der Waals surface area contributed by atoms with Crippen molar-refractivity contribution in [3.05, 3.63) is 10.4 Å². The number of hydrogen-bond acceptors (Lipinski definition) is 5. The number of ether oxygens (including phenoxy) is 1. The third kappa shape index (κ3) is 1.13. The molecule has 0 bridgehead atoms. The predicted octanol–water partition coefficient (Wildman–Crippen LogP) is -0.560. The van der Waals surface area contributed by atoms with Crippen molar-refractivity contribution in [3.63, 3.8) is 0 Å². The molecule has 0 aliphatic rings. The Hall–Kier alpha value is -1.92. The van der Waals surface area contributed by atoms with Crippen LogP contribution in [0, 0.1) is 0 Å². The van der Waals surface area contributed by atoms with Crippen LogP contribution < -0.4 is 10.3 Å².